The highest BCUT2D eigenvalue weighted by Gasteiger charge is 2.51. The van der Waals surface area contributed by atoms with E-state index in [2.05, 4.69) is 0 Å². The summed E-state index contributed by atoms with van der Waals surface area (Å²) in [7, 11) is 1.50. The van der Waals surface area contributed by atoms with Gasteiger partial charge in [-0.25, -0.2) is 0 Å². The number of ether oxygens (including phenoxy) is 6. The summed E-state index contributed by atoms with van der Waals surface area (Å²) in [6.45, 7) is 3.24. The Balaban J connectivity index is 1.89. The number of hydrogen-bond acceptors (Lipinski definition) is 8. The van der Waals surface area contributed by atoms with Crippen LogP contribution in [0.25, 0.3) is 0 Å². The van der Waals surface area contributed by atoms with Gasteiger partial charge >= 0.3 is 0 Å². The molecule has 152 valence electrons. The third-order valence-corrected chi connectivity index (χ3v) is 4.58. The first-order valence-electron chi connectivity index (χ1n) is 9.02. The van der Waals surface area contributed by atoms with Crippen LogP contribution in [0.5, 0.6) is 0 Å². The number of hydrogen-bond donors (Lipinski definition) is 2. The molecule has 0 radical (unpaired) electrons. The molecule has 3 rings (SSSR count). The third-order valence-electron chi connectivity index (χ3n) is 4.58. The predicted molar refractivity (Wildman–Crippen MR) is 93.7 cm³/mol. The molecular formula is C19H28O8. The summed E-state index contributed by atoms with van der Waals surface area (Å²) >= 11 is 0. The Morgan fingerprint density at radius 1 is 1.22 bits per heavy atom. The molecule has 2 heterocycles. The molecule has 0 amide bonds. The molecule has 1 aromatic rings. The lowest BCUT2D eigenvalue weighted by Gasteiger charge is -2.40. The van der Waals surface area contributed by atoms with Gasteiger partial charge in [0.15, 0.2) is 12.1 Å². The van der Waals surface area contributed by atoms with Crippen molar-refractivity contribution < 1.29 is 38.6 Å². The van der Waals surface area contributed by atoms with Crippen LogP contribution in [0, 0.1) is 0 Å². The second-order valence-corrected chi connectivity index (χ2v) is 7.10. The summed E-state index contributed by atoms with van der Waals surface area (Å²) in [5.74, 6) is -1.03. The van der Waals surface area contributed by atoms with Gasteiger partial charge in [0.05, 0.1) is 13.2 Å². The summed E-state index contributed by atoms with van der Waals surface area (Å²) in [5.41, 5.74) is 0.866. The van der Waals surface area contributed by atoms with Gasteiger partial charge in [-0.2, -0.15) is 0 Å². The number of aliphatic hydroxyl groups is 2. The largest absolute Gasteiger partial charge is 0.394 e. The molecule has 2 saturated heterocycles. The molecule has 6 atom stereocenters. The first kappa shape index (κ1) is 20.6. The smallest absolute Gasteiger partial charge is 0.184 e. The van der Waals surface area contributed by atoms with Gasteiger partial charge in [-0.1, -0.05) is 30.3 Å². The lowest BCUT2D eigenvalue weighted by molar-refractivity contribution is -0.307. The van der Waals surface area contributed by atoms with Crippen LogP contribution in [0.4, 0.5) is 0 Å². The number of methoxy groups -OCH3 is 1. The highest BCUT2D eigenvalue weighted by molar-refractivity contribution is 5.16. The van der Waals surface area contributed by atoms with E-state index in [0.29, 0.717) is 0 Å². The monoisotopic (exact) mass is 384 g/mol. The molecule has 0 aromatic heterocycles. The van der Waals surface area contributed by atoms with Crippen molar-refractivity contribution in [3.63, 3.8) is 0 Å². The Morgan fingerprint density at radius 3 is 2.63 bits per heavy atom. The quantitative estimate of drug-likeness (QED) is 0.701. The Labute approximate surface area is 158 Å². The fourth-order valence-electron chi connectivity index (χ4n) is 3.43. The Hall–Kier alpha value is -1.10. The molecule has 8 heteroatoms. The summed E-state index contributed by atoms with van der Waals surface area (Å²) in [4.78, 5) is 0. The van der Waals surface area contributed by atoms with Crippen molar-refractivity contribution in [2.75, 3.05) is 27.1 Å². The van der Waals surface area contributed by atoms with E-state index in [0.717, 1.165) is 5.56 Å². The first-order chi connectivity index (χ1) is 12.9. The van der Waals surface area contributed by atoms with Gasteiger partial charge in [-0.3, -0.25) is 0 Å². The zero-order valence-electron chi connectivity index (χ0n) is 15.8. The molecule has 0 spiro atoms. The summed E-state index contributed by atoms with van der Waals surface area (Å²) in [6.07, 6.45) is -4.43. The van der Waals surface area contributed by atoms with E-state index < -0.39 is 49.2 Å². The van der Waals surface area contributed by atoms with Crippen molar-refractivity contribution >= 4 is 0 Å². The minimum Gasteiger partial charge on any atom is -0.394 e. The Bertz CT molecular complexity index is 580. The number of benzene rings is 1. The standard InChI is InChI=1S/C19H28O8/c1-19(2)26-14-10-23-18(12-7-5-4-6-8-12)25-16(14)17(24-11-22-3)15(27-19)13(21)9-20/h4-8,13-18,20-21H,9-11H2,1-3H3/t13-,14-,15-,16-,17?,18?/m1/s1. The normalized spacial score (nSPS) is 34.5. The van der Waals surface area contributed by atoms with Crippen LogP contribution in [0.2, 0.25) is 0 Å². The zero-order chi connectivity index (χ0) is 19.4. The molecule has 2 fully saturated rings. The first-order valence-corrected chi connectivity index (χ1v) is 9.02. The third kappa shape index (κ3) is 4.85. The molecule has 0 saturated carbocycles. The van der Waals surface area contributed by atoms with Crippen molar-refractivity contribution in [2.24, 2.45) is 0 Å². The molecule has 0 bridgehead atoms. The van der Waals surface area contributed by atoms with Crippen LogP contribution in [0.3, 0.4) is 0 Å². The maximum absolute atomic E-state index is 10.3. The van der Waals surface area contributed by atoms with Gasteiger partial charge in [0.2, 0.25) is 0 Å². The molecule has 27 heavy (non-hydrogen) atoms. The lowest BCUT2D eigenvalue weighted by Crippen LogP contribution is -2.55. The van der Waals surface area contributed by atoms with Crippen LogP contribution in [-0.2, 0) is 28.4 Å². The topological polar surface area (TPSA) is 95.8 Å². The highest BCUT2D eigenvalue weighted by Crippen LogP contribution is 2.37. The van der Waals surface area contributed by atoms with Crippen LogP contribution in [0.15, 0.2) is 30.3 Å². The van der Waals surface area contributed by atoms with Crippen LogP contribution in [0.1, 0.15) is 25.7 Å². The molecule has 2 aliphatic heterocycles. The molecule has 1 aromatic carbocycles. The number of rotatable bonds is 6. The molecule has 0 aliphatic carbocycles. The van der Waals surface area contributed by atoms with Crippen LogP contribution < -0.4 is 0 Å². The van der Waals surface area contributed by atoms with E-state index >= 15 is 0 Å². The molecule has 2 N–H and O–H groups in total. The summed E-state index contributed by atoms with van der Waals surface area (Å²) < 4.78 is 34.9. The van der Waals surface area contributed by atoms with E-state index in [9.17, 15) is 10.2 Å². The second-order valence-electron chi connectivity index (χ2n) is 7.10. The predicted octanol–water partition coefficient (Wildman–Crippen LogP) is 0.963. The van der Waals surface area contributed by atoms with Crippen molar-refractivity contribution in [1.29, 1.82) is 0 Å². The zero-order valence-corrected chi connectivity index (χ0v) is 15.8. The van der Waals surface area contributed by atoms with Gasteiger partial charge in [-0.05, 0) is 13.8 Å². The van der Waals surface area contributed by atoms with Crippen molar-refractivity contribution in [3.8, 4) is 0 Å². The highest BCUT2D eigenvalue weighted by atomic mass is 16.8. The van der Waals surface area contributed by atoms with Gasteiger partial charge in [0, 0.05) is 12.7 Å². The minimum atomic E-state index is -1.17. The van der Waals surface area contributed by atoms with Crippen LogP contribution >= 0.6 is 0 Å². The second kappa shape index (κ2) is 8.93. The van der Waals surface area contributed by atoms with Gasteiger partial charge in [-0.15, -0.1) is 0 Å². The van der Waals surface area contributed by atoms with E-state index in [1.54, 1.807) is 13.8 Å². The maximum atomic E-state index is 10.3. The van der Waals surface area contributed by atoms with Gasteiger partial charge in [0.1, 0.15) is 37.3 Å². The molecule has 8 nitrogen and oxygen atoms in total. The van der Waals surface area contributed by atoms with Crippen molar-refractivity contribution in [2.45, 2.75) is 56.4 Å². The number of fused-ring (bicyclic) bond motifs is 1. The molecular weight excluding hydrogens is 356 g/mol. The van der Waals surface area contributed by atoms with Crippen LogP contribution in [-0.4, -0.2) is 73.6 Å². The Morgan fingerprint density at radius 2 is 1.96 bits per heavy atom. The maximum Gasteiger partial charge on any atom is 0.184 e. The fraction of sp³-hybridized carbons (Fsp3) is 0.684. The van der Waals surface area contributed by atoms with E-state index in [-0.39, 0.29) is 13.4 Å². The number of aliphatic hydroxyl groups excluding tert-OH is 2. The molecule has 2 unspecified atom stereocenters. The van der Waals surface area contributed by atoms with E-state index in [1.165, 1.54) is 7.11 Å². The van der Waals surface area contributed by atoms with Gasteiger partial charge < -0.3 is 38.6 Å². The average Bonchev–Trinajstić information content (AvgIpc) is 2.78. The van der Waals surface area contributed by atoms with Gasteiger partial charge in [0.25, 0.3) is 0 Å². The van der Waals surface area contributed by atoms with E-state index in [1.807, 2.05) is 30.3 Å². The van der Waals surface area contributed by atoms with Crippen molar-refractivity contribution in [3.05, 3.63) is 35.9 Å². The average molecular weight is 384 g/mol. The minimum absolute atomic E-state index is 0.0213. The summed E-state index contributed by atoms with van der Waals surface area (Å²) in [5, 5.41) is 19.8. The lowest BCUT2D eigenvalue weighted by atomic mass is 9.98. The van der Waals surface area contributed by atoms with Crippen molar-refractivity contribution in [1.82, 2.24) is 0 Å². The van der Waals surface area contributed by atoms with E-state index in [4.69, 9.17) is 28.4 Å². The fourth-order valence-corrected chi connectivity index (χ4v) is 3.43. The molecule has 2 aliphatic rings. The summed E-state index contributed by atoms with van der Waals surface area (Å²) in [6, 6.07) is 9.54. The SMILES string of the molecule is COCOC1[C@@H]([C@H](O)CO)OC(C)(C)O[C@@H]2COC(c3ccccc3)O[C@@H]12. The Kier molecular flexibility index (Phi) is 6.83.